The van der Waals surface area contributed by atoms with Crippen molar-refractivity contribution in [2.24, 2.45) is 0 Å². The third-order valence-corrected chi connectivity index (χ3v) is 4.86. The molecule has 0 saturated carbocycles. The summed E-state index contributed by atoms with van der Waals surface area (Å²) in [4.78, 5) is 12.6. The number of amides is 1. The Morgan fingerprint density at radius 1 is 1.03 bits per heavy atom. The molecule has 29 heavy (non-hydrogen) atoms. The second kappa shape index (κ2) is 8.29. The van der Waals surface area contributed by atoms with Crippen LogP contribution in [0.15, 0.2) is 48.5 Å². The summed E-state index contributed by atoms with van der Waals surface area (Å²) >= 11 is 6.37. The van der Waals surface area contributed by atoms with Gasteiger partial charge in [-0.1, -0.05) is 53.6 Å². The normalized spacial score (nSPS) is 11.5. The first kappa shape index (κ1) is 20.9. The standard InChI is InChI=1S/C21H19ClF3N3O/c1-13-3-5-16(6-4-13)12-28-19(22)18(14(2)27-28)20(29)26-11-15-7-9-17(10-8-15)21(23,24)25/h3-10H,11-12H2,1-2H3,(H,26,29). The van der Waals surface area contributed by atoms with Crippen LogP contribution in [0.1, 0.15) is 38.3 Å². The number of hydrogen-bond acceptors (Lipinski definition) is 2. The quantitative estimate of drug-likeness (QED) is 0.619. The highest BCUT2D eigenvalue weighted by Gasteiger charge is 2.30. The molecular weight excluding hydrogens is 403 g/mol. The van der Waals surface area contributed by atoms with Gasteiger partial charge in [0.25, 0.3) is 5.91 Å². The van der Waals surface area contributed by atoms with Crippen molar-refractivity contribution in [3.05, 3.63) is 87.2 Å². The first-order chi connectivity index (χ1) is 13.6. The molecule has 0 aliphatic rings. The predicted molar refractivity (Wildman–Crippen MR) is 105 cm³/mol. The zero-order valence-corrected chi connectivity index (χ0v) is 16.6. The lowest BCUT2D eigenvalue weighted by molar-refractivity contribution is -0.137. The van der Waals surface area contributed by atoms with E-state index in [4.69, 9.17) is 11.6 Å². The fourth-order valence-electron chi connectivity index (χ4n) is 2.86. The molecule has 0 aliphatic heterocycles. The second-order valence-corrected chi connectivity index (χ2v) is 7.13. The molecule has 0 fully saturated rings. The van der Waals surface area contributed by atoms with Crippen LogP contribution >= 0.6 is 11.6 Å². The highest BCUT2D eigenvalue weighted by molar-refractivity contribution is 6.33. The Labute approximate surface area is 171 Å². The number of nitrogens with zero attached hydrogens (tertiary/aromatic N) is 2. The maximum atomic E-state index is 12.6. The van der Waals surface area contributed by atoms with Crippen LogP contribution in [0.5, 0.6) is 0 Å². The second-order valence-electron chi connectivity index (χ2n) is 6.77. The van der Waals surface area contributed by atoms with Crippen molar-refractivity contribution in [3.63, 3.8) is 0 Å². The van der Waals surface area contributed by atoms with Gasteiger partial charge < -0.3 is 5.32 Å². The fraction of sp³-hybridized carbons (Fsp3) is 0.238. The summed E-state index contributed by atoms with van der Waals surface area (Å²) in [5.74, 6) is -0.428. The van der Waals surface area contributed by atoms with E-state index in [1.54, 1.807) is 11.6 Å². The number of aryl methyl sites for hydroxylation is 2. The first-order valence-corrected chi connectivity index (χ1v) is 9.25. The molecule has 3 rings (SSSR count). The topological polar surface area (TPSA) is 46.9 Å². The van der Waals surface area contributed by atoms with Gasteiger partial charge >= 0.3 is 6.18 Å². The SMILES string of the molecule is Cc1ccc(Cn2nc(C)c(C(=O)NCc3ccc(C(F)(F)F)cc3)c2Cl)cc1. The van der Waals surface area contributed by atoms with Crippen molar-refractivity contribution in [1.29, 1.82) is 0 Å². The third-order valence-electron chi connectivity index (χ3n) is 4.48. The molecule has 0 radical (unpaired) electrons. The van der Waals surface area contributed by atoms with E-state index >= 15 is 0 Å². The smallest absolute Gasteiger partial charge is 0.348 e. The maximum absolute atomic E-state index is 12.6. The van der Waals surface area contributed by atoms with Gasteiger partial charge in [-0.15, -0.1) is 0 Å². The lowest BCUT2D eigenvalue weighted by atomic mass is 10.1. The van der Waals surface area contributed by atoms with Gasteiger partial charge in [-0.3, -0.25) is 4.79 Å². The van der Waals surface area contributed by atoms with Gasteiger partial charge in [-0.05, 0) is 37.1 Å². The van der Waals surface area contributed by atoms with Crippen LogP contribution in [-0.2, 0) is 19.3 Å². The molecule has 152 valence electrons. The van der Waals surface area contributed by atoms with Crippen LogP contribution in [0.4, 0.5) is 13.2 Å². The average molecular weight is 422 g/mol. The van der Waals surface area contributed by atoms with Crippen LogP contribution in [0.25, 0.3) is 0 Å². The van der Waals surface area contributed by atoms with Gasteiger partial charge in [-0.25, -0.2) is 4.68 Å². The highest BCUT2D eigenvalue weighted by Crippen LogP contribution is 2.29. The molecule has 1 aromatic heterocycles. The molecule has 0 unspecified atom stereocenters. The van der Waals surface area contributed by atoms with E-state index in [1.165, 1.54) is 12.1 Å². The first-order valence-electron chi connectivity index (χ1n) is 8.88. The number of benzene rings is 2. The summed E-state index contributed by atoms with van der Waals surface area (Å²) in [6.45, 7) is 4.18. The van der Waals surface area contributed by atoms with E-state index in [1.807, 2.05) is 31.2 Å². The molecule has 1 amide bonds. The summed E-state index contributed by atoms with van der Waals surface area (Å²) in [5.41, 5.74) is 2.69. The number of halogens is 4. The lowest BCUT2D eigenvalue weighted by Crippen LogP contribution is -2.23. The summed E-state index contributed by atoms with van der Waals surface area (Å²) < 4.78 is 39.4. The van der Waals surface area contributed by atoms with Crippen LogP contribution in [0.3, 0.4) is 0 Å². The van der Waals surface area contributed by atoms with E-state index in [0.717, 1.165) is 23.3 Å². The van der Waals surface area contributed by atoms with E-state index in [9.17, 15) is 18.0 Å². The zero-order chi connectivity index (χ0) is 21.2. The molecule has 1 heterocycles. The molecular formula is C21H19ClF3N3O. The minimum atomic E-state index is -4.39. The number of aromatic nitrogens is 2. The summed E-state index contributed by atoms with van der Waals surface area (Å²) in [5, 5.41) is 7.24. The fourth-order valence-corrected chi connectivity index (χ4v) is 3.18. The van der Waals surface area contributed by atoms with E-state index < -0.39 is 17.6 Å². The van der Waals surface area contributed by atoms with Gasteiger partial charge in [0.15, 0.2) is 0 Å². The average Bonchev–Trinajstić information content (AvgIpc) is 2.94. The van der Waals surface area contributed by atoms with Crippen LogP contribution < -0.4 is 5.32 Å². The minimum Gasteiger partial charge on any atom is -0.348 e. The molecule has 0 spiro atoms. The lowest BCUT2D eigenvalue weighted by Gasteiger charge is -2.09. The van der Waals surface area contributed by atoms with Gasteiger partial charge in [0, 0.05) is 6.54 Å². The number of nitrogens with one attached hydrogen (secondary N) is 1. The van der Waals surface area contributed by atoms with Crippen LogP contribution in [-0.4, -0.2) is 15.7 Å². The Morgan fingerprint density at radius 2 is 1.62 bits per heavy atom. The molecule has 0 aliphatic carbocycles. The number of alkyl halides is 3. The zero-order valence-electron chi connectivity index (χ0n) is 15.8. The summed E-state index contributed by atoms with van der Waals surface area (Å²) in [6.07, 6.45) is -4.39. The molecule has 0 saturated heterocycles. The number of hydrogen-bond donors (Lipinski definition) is 1. The molecule has 4 nitrogen and oxygen atoms in total. The van der Waals surface area contributed by atoms with Crippen molar-refractivity contribution >= 4 is 17.5 Å². The van der Waals surface area contributed by atoms with E-state index in [-0.39, 0.29) is 17.3 Å². The highest BCUT2D eigenvalue weighted by atomic mass is 35.5. The summed E-state index contributed by atoms with van der Waals surface area (Å²) in [7, 11) is 0. The molecule has 2 aromatic carbocycles. The van der Waals surface area contributed by atoms with Crippen molar-refractivity contribution < 1.29 is 18.0 Å². The monoisotopic (exact) mass is 421 g/mol. The molecule has 0 bridgehead atoms. The van der Waals surface area contributed by atoms with Crippen molar-refractivity contribution in [3.8, 4) is 0 Å². The van der Waals surface area contributed by atoms with Gasteiger partial charge in [0.05, 0.1) is 23.4 Å². The molecule has 8 heteroatoms. The van der Waals surface area contributed by atoms with Crippen LogP contribution in [0.2, 0.25) is 5.15 Å². The summed E-state index contributed by atoms with van der Waals surface area (Å²) in [6, 6.07) is 12.5. The third kappa shape index (κ3) is 4.98. The molecule has 3 aromatic rings. The maximum Gasteiger partial charge on any atom is 0.416 e. The number of carbonyl (C=O) groups excluding carboxylic acids is 1. The number of rotatable bonds is 5. The Bertz CT molecular complexity index is 1010. The molecule has 1 N–H and O–H groups in total. The van der Waals surface area contributed by atoms with Gasteiger partial charge in [0.2, 0.25) is 0 Å². The van der Waals surface area contributed by atoms with E-state index in [2.05, 4.69) is 10.4 Å². The Kier molecular flexibility index (Phi) is 5.98. The van der Waals surface area contributed by atoms with Gasteiger partial charge in [0.1, 0.15) is 5.15 Å². The number of carbonyl (C=O) groups is 1. The Balaban J connectivity index is 1.69. The van der Waals surface area contributed by atoms with Crippen LogP contribution in [0, 0.1) is 13.8 Å². The Morgan fingerprint density at radius 3 is 2.21 bits per heavy atom. The van der Waals surface area contributed by atoms with Gasteiger partial charge in [-0.2, -0.15) is 18.3 Å². The molecule has 0 atom stereocenters. The van der Waals surface area contributed by atoms with Crippen molar-refractivity contribution in [1.82, 2.24) is 15.1 Å². The predicted octanol–water partition coefficient (Wildman–Crippen LogP) is 5.15. The van der Waals surface area contributed by atoms with E-state index in [0.29, 0.717) is 17.8 Å². The van der Waals surface area contributed by atoms with Crippen molar-refractivity contribution in [2.75, 3.05) is 0 Å². The Hall–Kier alpha value is -2.80. The van der Waals surface area contributed by atoms with Crippen molar-refractivity contribution in [2.45, 2.75) is 33.1 Å². The largest absolute Gasteiger partial charge is 0.416 e. The minimum absolute atomic E-state index is 0.0792.